The molecule has 1 rings (SSSR count). The topological polar surface area (TPSA) is 0 Å². The fourth-order valence-corrected chi connectivity index (χ4v) is 2.38. The van der Waals surface area contributed by atoms with Gasteiger partial charge in [0.15, 0.2) is 0 Å². The molecule has 0 unspecified atom stereocenters. The van der Waals surface area contributed by atoms with E-state index in [4.69, 9.17) is 0 Å². The summed E-state index contributed by atoms with van der Waals surface area (Å²) in [6, 6.07) is 0. The van der Waals surface area contributed by atoms with E-state index in [0.29, 0.717) is 0 Å². The van der Waals surface area contributed by atoms with Crippen LogP contribution in [-0.2, 0) is 0 Å². The van der Waals surface area contributed by atoms with Crippen LogP contribution in [0.4, 0.5) is 0 Å². The second-order valence-corrected chi connectivity index (χ2v) is 4.77. The summed E-state index contributed by atoms with van der Waals surface area (Å²) in [5.41, 5.74) is 4.69. The summed E-state index contributed by atoms with van der Waals surface area (Å²) in [4.78, 5) is 0. The highest BCUT2D eigenvalue weighted by molar-refractivity contribution is 6.45. The van der Waals surface area contributed by atoms with E-state index in [1.165, 1.54) is 5.57 Å². The molecule has 0 spiro atoms. The van der Waals surface area contributed by atoms with Gasteiger partial charge in [-0.1, -0.05) is 29.9 Å². The maximum Gasteiger partial charge on any atom is 0.0571 e. The minimum Gasteiger partial charge on any atom is -0.102 e. The highest BCUT2D eigenvalue weighted by Gasteiger charge is 2.00. The Bertz CT molecular complexity index is 171. The van der Waals surface area contributed by atoms with Crippen molar-refractivity contribution in [2.75, 3.05) is 0 Å². The van der Waals surface area contributed by atoms with Gasteiger partial charge in [-0.2, -0.15) is 0 Å². The van der Waals surface area contributed by atoms with Gasteiger partial charge in [0.1, 0.15) is 0 Å². The lowest BCUT2D eigenvalue weighted by atomic mass is 10.4. The van der Waals surface area contributed by atoms with Crippen molar-refractivity contribution in [3.63, 3.8) is 0 Å². The van der Waals surface area contributed by atoms with Gasteiger partial charge in [0.25, 0.3) is 0 Å². The number of rotatable bonds is 2. The lowest BCUT2D eigenvalue weighted by molar-refractivity contribution is 1.37. The van der Waals surface area contributed by atoms with Crippen molar-refractivity contribution in [3.05, 3.63) is 35.6 Å². The van der Waals surface area contributed by atoms with E-state index in [0.717, 1.165) is 5.54 Å². The van der Waals surface area contributed by atoms with Crippen LogP contribution in [0.3, 0.4) is 0 Å². The van der Waals surface area contributed by atoms with Crippen molar-refractivity contribution >= 4 is 9.52 Å². The molecule has 0 bridgehead atoms. The molecule has 0 saturated heterocycles. The Kier molecular flexibility index (Phi) is 2.69. The minimum atomic E-state index is 0.00463. The Hall–Kier alpha value is -0.563. The fraction of sp³-hybridized carbons (Fsp3) is 0.333. The molecule has 0 saturated carbocycles. The first-order valence-electron chi connectivity index (χ1n) is 3.77. The monoisotopic (exact) mass is 150 g/mol. The van der Waals surface area contributed by atoms with Crippen molar-refractivity contribution in [2.24, 2.45) is 0 Å². The molecule has 0 N–H and O–H groups in total. The van der Waals surface area contributed by atoms with Gasteiger partial charge in [-0.05, 0) is 19.4 Å². The standard InChI is InChI=1S/C9H14Si/c1-8(2)7-10-9-5-3-4-6-9/h3-7,9H,10H2,1-2H3. The Balaban J connectivity index is 2.33. The van der Waals surface area contributed by atoms with Gasteiger partial charge in [0.2, 0.25) is 0 Å². The van der Waals surface area contributed by atoms with Crippen molar-refractivity contribution in [1.29, 1.82) is 0 Å². The molecule has 0 radical (unpaired) electrons. The molecular formula is C9H14Si. The molecule has 0 aliphatic heterocycles. The van der Waals surface area contributed by atoms with Crippen LogP contribution < -0.4 is 0 Å². The SMILES string of the molecule is CC(C)=C[SiH2]C1C=CC=C1. The molecule has 1 heteroatoms. The molecule has 10 heavy (non-hydrogen) atoms. The fourth-order valence-electron chi connectivity index (χ4n) is 1.01. The van der Waals surface area contributed by atoms with Crippen molar-refractivity contribution in [1.82, 2.24) is 0 Å². The summed E-state index contributed by atoms with van der Waals surface area (Å²) in [5, 5.41) is 0. The van der Waals surface area contributed by atoms with Gasteiger partial charge in [-0.3, -0.25) is 0 Å². The van der Waals surface area contributed by atoms with Crippen LogP contribution in [0.5, 0.6) is 0 Å². The molecule has 1 aliphatic rings. The van der Waals surface area contributed by atoms with Crippen LogP contribution in [0.15, 0.2) is 35.6 Å². The largest absolute Gasteiger partial charge is 0.102 e. The van der Waals surface area contributed by atoms with E-state index >= 15 is 0 Å². The van der Waals surface area contributed by atoms with Crippen LogP contribution in [-0.4, -0.2) is 9.52 Å². The van der Waals surface area contributed by atoms with Crippen molar-refractivity contribution < 1.29 is 0 Å². The molecule has 0 aromatic heterocycles. The van der Waals surface area contributed by atoms with E-state index in [1.54, 1.807) is 0 Å². The number of hydrogen-bond acceptors (Lipinski definition) is 0. The van der Waals surface area contributed by atoms with Crippen LogP contribution in [0, 0.1) is 0 Å². The lowest BCUT2D eigenvalue weighted by Crippen LogP contribution is -1.92. The van der Waals surface area contributed by atoms with E-state index in [1.807, 2.05) is 0 Å². The minimum absolute atomic E-state index is 0.00463. The molecule has 1 aliphatic carbocycles. The molecule has 0 nitrogen and oxygen atoms in total. The Labute approximate surface area is 65.2 Å². The maximum atomic E-state index is 2.42. The third-order valence-corrected chi connectivity index (χ3v) is 3.77. The van der Waals surface area contributed by atoms with Gasteiger partial charge < -0.3 is 0 Å². The smallest absolute Gasteiger partial charge is 0.0571 e. The van der Waals surface area contributed by atoms with Crippen LogP contribution >= 0.6 is 0 Å². The van der Waals surface area contributed by atoms with Crippen LogP contribution in [0.1, 0.15) is 13.8 Å². The van der Waals surface area contributed by atoms with Crippen LogP contribution in [0.25, 0.3) is 0 Å². The zero-order valence-electron chi connectivity index (χ0n) is 6.67. The van der Waals surface area contributed by atoms with Gasteiger partial charge >= 0.3 is 0 Å². The van der Waals surface area contributed by atoms with Crippen LogP contribution in [0.2, 0.25) is 5.54 Å². The highest BCUT2D eigenvalue weighted by Crippen LogP contribution is 2.13. The van der Waals surface area contributed by atoms with Gasteiger partial charge in [-0.25, -0.2) is 0 Å². The zero-order chi connectivity index (χ0) is 7.40. The average Bonchev–Trinajstić information content (AvgIpc) is 2.34. The second kappa shape index (κ2) is 3.57. The zero-order valence-corrected chi connectivity index (χ0v) is 8.09. The summed E-state index contributed by atoms with van der Waals surface area (Å²) >= 11 is 0. The first-order chi connectivity index (χ1) is 4.79. The summed E-state index contributed by atoms with van der Waals surface area (Å²) in [6.45, 7) is 4.35. The van der Waals surface area contributed by atoms with E-state index in [9.17, 15) is 0 Å². The van der Waals surface area contributed by atoms with E-state index in [-0.39, 0.29) is 9.52 Å². The third-order valence-electron chi connectivity index (χ3n) is 1.63. The van der Waals surface area contributed by atoms with E-state index in [2.05, 4.69) is 43.9 Å². The van der Waals surface area contributed by atoms with Gasteiger partial charge in [0.05, 0.1) is 9.52 Å². The quantitative estimate of drug-likeness (QED) is 0.528. The molecule has 0 heterocycles. The summed E-state index contributed by atoms with van der Waals surface area (Å²) < 4.78 is 0. The lowest BCUT2D eigenvalue weighted by Gasteiger charge is -1.97. The second-order valence-electron chi connectivity index (χ2n) is 2.95. The first-order valence-corrected chi connectivity index (χ1v) is 5.40. The van der Waals surface area contributed by atoms with Crippen molar-refractivity contribution in [3.8, 4) is 0 Å². The number of hydrogen-bond donors (Lipinski definition) is 0. The summed E-state index contributed by atoms with van der Waals surface area (Å²) in [7, 11) is 0.00463. The maximum absolute atomic E-state index is 2.42. The predicted molar refractivity (Wildman–Crippen MR) is 50.0 cm³/mol. The molecule has 0 aromatic carbocycles. The number of allylic oxidation sites excluding steroid dienone is 5. The Morgan fingerprint density at radius 2 is 1.90 bits per heavy atom. The molecule has 0 atom stereocenters. The van der Waals surface area contributed by atoms with Gasteiger partial charge in [0, 0.05) is 0 Å². The highest BCUT2D eigenvalue weighted by atomic mass is 28.2. The Morgan fingerprint density at radius 1 is 1.30 bits per heavy atom. The average molecular weight is 150 g/mol. The predicted octanol–water partition coefficient (Wildman–Crippen LogP) is 1.99. The normalized spacial score (nSPS) is 17.4. The molecule has 0 aromatic rings. The molecule has 0 amide bonds. The molecule has 54 valence electrons. The van der Waals surface area contributed by atoms with Gasteiger partial charge in [-0.15, -0.1) is 5.70 Å². The molecular weight excluding hydrogens is 136 g/mol. The van der Waals surface area contributed by atoms with Crippen molar-refractivity contribution in [2.45, 2.75) is 19.4 Å². The third kappa shape index (κ3) is 2.36. The first kappa shape index (κ1) is 7.54. The van der Waals surface area contributed by atoms with E-state index < -0.39 is 0 Å². The summed E-state index contributed by atoms with van der Waals surface area (Å²) in [5.74, 6) is 0. The Morgan fingerprint density at radius 3 is 2.40 bits per heavy atom. The molecule has 0 fully saturated rings. The summed E-state index contributed by atoms with van der Waals surface area (Å²) in [6.07, 6.45) is 8.89.